The smallest absolute Gasteiger partial charge is 0.412 e. The topological polar surface area (TPSA) is 58.6 Å². The van der Waals surface area contributed by atoms with Gasteiger partial charge in [-0.2, -0.15) is 0 Å². The lowest BCUT2D eigenvalue weighted by atomic mass is 10.0. The largest absolute Gasteiger partial charge is 0.444 e. The van der Waals surface area contributed by atoms with Crippen LogP contribution in [0.5, 0.6) is 0 Å². The Hall–Kier alpha value is -2.82. The fourth-order valence-corrected chi connectivity index (χ4v) is 3.02. The van der Waals surface area contributed by atoms with Crippen molar-refractivity contribution in [3.8, 4) is 0 Å². The van der Waals surface area contributed by atoms with Crippen LogP contribution in [0.1, 0.15) is 43.1 Å². The van der Waals surface area contributed by atoms with Crippen molar-refractivity contribution in [2.75, 3.05) is 16.8 Å². The molecule has 3 rings (SSSR count). The van der Waals surface area contributed by atoms with Crippen LogP contribution >= 0.6 is 0 Å². The first-order valence-electron chi connectivity index (χ1n) is 8.83. The maximum absolute atomic E-state index is 12.9. The van der Waals surface area contributed by atoms with Crippen molar-refractivity contribution in [1.82, 2.24) is 0 Å². The maximum atomic E-state index is 12.9. The van der Waals surface area contributed by atoms with Crippen LogP contribution in [0.3, 0.4) is 0 Å². The van der Waals surface area contributed by atoms with Crippen LogP contribution < -0.4 is 10.2 Å². The van der Waals surface area contributed by atoms with E-state index in [2.05, 4.69) is 11.4 Å². The van der Waals surface area contributed by atoms with Gasteiger partial charge < -0.3 is 9.64 Å². The SMILES string of the molecule is CC(C)(C)OC(=O)Nc1ccc(C(=O)N2CCCc3ccccc32)cc1. The summed E-state index contributed by atoms with van der Waals surface area (Å²) in [6.07, 6.45) is 1.45. The van der Waals surface area contributed by atoms with Crippen molar-refractivity contribution in [3.05, 3.63) is 59.7 Å². The molecule has 0 radical (unpaired) electrons. The number of para-hydroxylation sites is 1. The van der Waals surface area contributed by atoms with Gasteiger partial charge in [0.25, 0.3) is 5.91 Å². The van der Waals surface area contributed by atoms with Gasteiger partial charge in [0, 0.05) is 23.5 Å². The molecule has 2 aromatic rings. The highest BCUT2D eigenvalue weighted by molar-refractivity contribution is 6.07. The lowest BCUT2D eigenvalue weighted by Gasteiger charge is -2.29. The number of benzene rings is 2. The fraction of sp³-hybridized carbons (Fsp3) is 0.333. The second-order valence-electron chi connectivity index (χ2n) is 7.39. The predicted octanol–water partition coefficient (Wildman–Crippen LogP) is 4.63. The van der Waals surface area contributed by atoms with E-state index < -0.39 is 11.7 Å². The van der Waals surface area contributed by atoms with E-state index in [1.54, 1.807) is 24.3 Å². The normalized spacial score (nSPS) is 13.7. The molecule has 0 fully saturated rings. The number of amides is 2. The van der Waals surface area contributed by atoms with Gasteiger partial charge in [-0.3, -0.25) is 10.1 Å². The monoisotopic (exact) mass is 352 g/mol. The van der Waals surface area contributed by atoms with Gasteiger partial charge in [-0.25, -0.2) is 4.79 Å². The molecule has 0 bridgehead atoms. The van der Waals surface area contributed by atoms with Crippen molar-refractivity contribution in [3.63, 3.8) is 0 Å². The Morgan fingerprint density at radius 2 is 1.73 bits per heavy atom. The molecule has 26 heavy (non-hydrogen) atoms. The number of nitrogens with zero attached hydrogens (tertiary/aromatic N) is 1. The third kappa shape index (κ3) is 4.23. The summed E-state index contributed by atoms with van der Waals surface area (Å²) in [5.74, 6) is -0.0269. The minimum atomic E-state index is -0.554. The molecule has 0 aromatic heterocycles. The van der Waals surface area contributed by atoms with Gasteiger partial charge in [-0.1, -0.05) is 18.2 Å². The molecule has 0 spiro atoms. The van der Waals surface area contributed by atoms with Crippen LogP contribution in [-0.4, -0.2) is 24.1 Å². The number of hydrogen-bond acceptors (Lipinski definition) is 3. The molecule has 1 N–H and O–H groups in total. The average molecular weight is 352 g/mol. The number of rotatable bonds is 2. The van der Waals surface area contributed by atoms with Crippen molar-refractivity contribution in [2.45, 2.75) is 39.2 Å². The van der Waals surface area contributed by atoms with Crippen LogP contribution in [0.2, 0.25) is 0 Å². The molecule has 136 valence electrons. The predicted molar refractivity (Wildman–Crippen MR) is 103 cm³/mol. The Bertz CT molecular complexity index is 807. The molecule has 2 aromatic carbocycles. The van der Waals surface area contributed by atoms with Gasteiger partial charge in [0.15, 0.2) is 0 Å². The summed E-state index contributed by atoms with van der Waals surface area (Å²) in [5.41, 5.74) is 2.82. The molecule has 0 unspecified atom stereocenters. The Balaban J connectivity index is 1.71. The zero-order valence-electron chi connectivity index (χ0n) is 15.4. The molecule has 2 amide bonds. The summed E-state index contributed by atoms with van der Waals surface area (Å²) in [7, 11) is 0. The zero-order chi connectivity index (χ0) is 18.7. The number of fused-ring (bicyclic) bond motifs is 1. The lowest BCUT2D eigenvalue weighted by molar-refractivity contribution is 0.0636. The van der Waals surface area contributed by atoms with Crippen molar-refractivity contribution >= 4 is 23.4 Å². The molecule has 5 nitrogen and oxygen atoms in total. The first-order chi connectivity index (χ1) is 12.3. The second kappa shape index (κ2) is 7.20. The van der Waals surface area contributed by atoms with Gasteiger partial charge in [0.1, 0.15) is 5.60 Å². The van der Waals surface area contributed by atoms with Crippen molar-refractivity contribution in [1.29, 1.82) is 0 Å². The number of carbonyl (C=O) groups is 2. The minimum Gasteiger partial charge on any atom is -0.444 e. The third-order valence-corrected chi connectivity index (χ3v) is 4.13. The van der Waals surface area contributed by atoms with E-state index in [0.29, 0.717) is 17.8 Å². The van der Waals surface area contributed by atoms with Gasteiger partial charge in [0.05, 0.1) is 0 Å². The summed E-state index contributed by atoms with van der Waals surface area (Å²) in [6, 6.07) is 14.9. The summed E-state index contributed by atoms with van der Waals surface area (Å²) in [5, 5.41) is 2.67. The van der Waals surface area contributed by atoms with E-state index in [9.17, 15) is 9.59 Å². The summed E-state index contributed by atoms with van der Waals surface area (Å²) >= 11 is 0. The molecule has 5 heteroatoms. The summed E-state index contributed by atoms with van der Waals surface area (Å²) in [4.78, 5) is 26.5. The highest BCUT2D eigenvalue weighted by atomic mass is 16.6. The van der Waals surface area contributed by atoms with Crippen LogP contribution in [-0.2, 0) is 11.2 Å². The minimum absolute atomic E-state index is 0.0269. The van der Waals surface area contributed by atoms with Crippen molar-refractivity contribution in [2.24, 2.45) is 0 Å². The molecule has 1 heterocycles. The van der Waals surface area contributed by atoms with Crippen LogP contribution in [0.4, 0.5) is 16.2 Å². The average Bonchev–Trinajstić information content (AvgIpc) is 2.59. The van der Waals surface area contributed by atoms with E-state index >= 15 is 0 Å². The second-order valence-corrected chi connectivity index (χ2v) is 7.39. The van der Waals surface area contributed by atoms with Crippen LogP contribution in [0.15, 0.2) is 48.5 Å². The lowest BCUT2D eigenvalue weighted by Crippen LogP contribution is -2.35. The molecular formula is C21H24N2O3. The first-order valence-corrected chi connectivity index (χ1v) is 8.83. The fourth-order valence-electron chi connectivity index (χ4n) is 3.02. The molecule has 0 saturated heterocycles. The number of aryl methyl sites for hydroxylation is 1. The van der Waals surface area contributed by atoms with E-state index in [4.69, 9.17) is 4.74 Å². The number of nitrogens with one attached hydrogen (secondary N) is 1. The molecule has 1 aliphatic heterocycles. The van der Waals surface area contributed by atoms with E-state index in [0.717, 1.165) is 18.5 Å². The molecule has 0 atom stereocenters. The Kier molecular flexibility index (Phi) is 4.98. The van der Waals surface area contributed by atoms with E-state index in [-0.39, 0.29) is 5.91 Å². The Morgan fingerprint density at radius 3 is 2.42 bits per heavy atom. The number of ether oxygens (including phenoxy) is 1. The van der Waals surface area contributed by atoms with Crippen LogP contribution in [0, 0.1) is 0 Å². The van der Waals surface area contributed by atoms with Gasteiger partial charge in [0.2, 0.25) is 0 Å². The van der Waals surface area contributed by atoms with Crippen molar-refractivity contribution < 1.29 is 14.3 Å². The standard InChI is InChI=1S/C21H24N2O3/c1-21(2,3)26-20(25)22-17-12-10-16(11-13-17)19(24)23-14-6-8-15-7-4-5-9-18(15)23/h4-5,7,9-13H,6,8,14H2,1-3H3,(H,22,25). The molecule has 0 aliphatic carbocycles. The summed E-state index contributed by atoms with van der Waals surface area (Å²) in [6.45, 7) is 6.15. The van der Waals surface area contributed by atoms with E-state index in [1.807, 2.05) is 43.9 Å². The number of anilines is 2. The number of carbonyl (C=O) groups excluding carboxylic acids is 2. The Morgan fingerprint density at radius 1 is 1.04 bits per heavy atom. The summed E-state index contributed by atoms with van der Waals surface area (Å²) < 4.78 is 5.23. The highest BCUT2D eigenvalue weighted by Crippen LogP contribution is 2.28. The third-order valence-electron chi connectivity index (χ3n) is 4.13. The van der Waals surface area contributed by atoms with Crippen LogP contribution in [0.25, 0.3) is 0 Å². The number of hydrogen-bond donors (Lipinski definition) is 1. The van der Waals surface area contributed by atoms with Gasteiger partial charge in [-0.05, 0) is 69.5 Å². The zero-order valence-corrected chi connectivity index (χ0v) is 15.4. The van der Waals surface area contributed by atoms with Gasteiger partial charge >= 0.3 is 6.09 Å². The molecule has 1 aliphatic rings. The van der Waals surface area contributed by atoms with Gasteiger partial charge in [-0.15, -0.1) is 0 Å². The highest BCUT2D eigenvalue weighted by Gasteiger charge is 2.23. The quantitative estimate of drug-likeness (QED) is 0.857. The molecule has 0 saturated carbocycles. The first kappa shape index (κ1) is 18.0. The molecular weight excluding hydrogens is 328 g/mol. The van der Waals surface area contributed by atoms with E-state index in [1.165, 1.54) is 5.56 Å². The Labute approximate surface area is 154 Å². The maximum Gasteiger partial charge on any atom is 0.412 e.